The van der Waals surface area contributed by atoms with E-state index in [0.29, 0.717) is 16.1 Å². The molecule has 5 nitrogen and oxygen atoms in total. The van der Waals surface area contributed by atoms with Gasteiger partial charge in [0, 0.05) is 15.9 Å². The molecule has 0 spiro atoms. The van der Waals surface area contributed by atoms with Crippen LogP contribution in [0.1, 0.15) is 16.1 Å². The Morgan fingerprint density at radius 1 is 1.04 bits per heavy atom. The third kappa shape index (κ3) is 4.58. The molecule has 3 rings (SSSR count). The summed E-state index contributed by atoms with van der Waals surface area (Å²) < 4.78 is 38.3. The topological polar surface area (TPSA) is 74.0 Å². The standard InChI is InChI=1S/C18H12Cl2F3N3O2/c19-11-3-4-12(20)14(7-11)26-16(27)8-24-17(28)15-5-9-1-2-10(18(21,22)23)6-13(9)25-15/h1-7,25H,8H2,(H,24,28)(H,26,27). The zero-order valence-corrected chi connectivity index (χ0v) is 15.5. The Labute approximate surface area is 166 Å². The number of carbonyl (C=O) groups excluding carboxylic acids is 2. The smallest absolute Gasteiger partial charge is 0.351 e. The second kappa shape index (κ2) is 7.73. The van der Waals surface area contributed by atoms with Gasteiger partial charge in [0.1, 0.15) is 5.69 Å². The van der Waals surface area contributed by atoms with E-state index in [1.54, 1.807) is 6.07 Å². The molecular weight excluding hydrogens is 418 g/mol. The molecule has 3 N–H and O–H groups in total. The highest BCUT2D eigenvalue weighted by Crippen LogP contribution is 2.31. The largest absolute Gasteiger partial charge is 0.416 e. The fraction of sp³-hybridized carbons (Fsp3) is 0.111. The minimum Gasteiger partial charge on any atom is -0.351 e. The van der Waals surface area contributed by atoms with Gasteiger partial charge in [-0.2, -0.15) is 13.2 Å². The first-order valence-corrected chi connectivity index (χ1v) is 8.62. The molecule has 0 aliphatic rings. The molecule has 28 heavy (non-hydrogen) atoms. The summed E-state index contributed by atoms with van der Waals surface area (Å²) in [7, 11) is 0. The summed E-state index contributed by atoms with van der Waals surface area (Å²) in [5.41, 5.74) is -0.344. The zero-order chi connectivity index (χ0) is 20.5. The molecule has 2 amide bonds. The number of nitrogens with one attached hydrogen (secondary N) is 3. The molecule has 0 fully saturated rings. The first-order chi connectivity index (χ1) is 13.1. The first-order valence-electron chi connectivity index (χ1n) is 7.86. The molecule has 0 radical (unpaired) electrons. The summed E-state index contributed by atoms with van der Waals surface area (Å²) >= 11 is 11.8. The molecule has 2 aromatic carbocycles. The Kier molecular flexibility index (Phi) is 5.53. The third-order valence-electron chi connectivity index (χ3n) is 3.81. The van der Waals surface area contributed by atoms with Gasteiger partial charge in [-0.25, -0.2) is 0 Å². The molecule has 0 aliphatic carbocycles. The van der Waals surface area contributed by atoms with Crippen LogP contribution in [0.4, 0.5) is 18.9 Å². The van der Waals surface area contributed by atoms with Crippen molar-refractivity contribution < 1.29 is 22.8 Å². The molecule has 146 valence electrons. The number of hydrogen-bond acceptors (Lipinski definition) is 2. The summed E-state index contributed by atoms with van der Waals surface area (Å²) in [6, 6.07) is 9.04. The van der Waals surface area contributed by atoms with E-state index in [2.05, 4.69) is 15.6 Å². The molecule has 0 atom stereocenters. The molecule has 0 bridgehead atoms. The number of carbonyl (C=O) groups is 2. The van der Waals surface area contributed by atoms with Crippen LogP contribution in [-0.4, -0.2) is 23.3 Å². The summed E-state index contributed by atoms with van der Waals surface area (Å²) in [5, 5.41) is 5.97. The SMILES string of the molecule is O=C(CNC(=O)c1cc2ccc(C(F)(F)F)cc2[nH]1)Nc1cc(Cl)ccc1Cl. The average Bonchev–Trinajstić information content (AvgIpc) is 3.05. The number of aromatic amines is 1. The van der Waals surface area contributed by atoms with E-state index in [1.807, 2.05) is 0 Å². The lowest BCUT2D eigenvalue weighted by molar-refractivity contribution is -0.137. The van der Waals surface area contributed by atoms with Crippen LogP contribution >= 0.6 is 23.2 Å². The number of benzene rings is 2. The molecule has 0 saturated heterocycles. The number of amides is 2. The Bertz CT molecular complexity index is 1060. The number of aromatic nitrogens is 1. The van der Waals surface area contributed by atoms with Crippen molar-refractivity contribution in [3.05, 3.63) is 63.8 Å². The molecule has 0 saturated carbocycles. The molecule has 1 aromatic heterocycles. The molecular formula is C18H12Cl2F3N3O2. The van der Waals surface area contributed by atoms with Gasteiger partial charge in [-0.3, -0.25) is 9.59 Å². The molecule has 1 heterocycles. The minimum atomic E-state index is -4.48. The van der Waals surface area contributed by atoms with Crippen molar-refractivity contribution in [1.82, 2.24) is 10.3 Å². The quantitative estimate of drug-likeness (QED) is 0.553. The number of halogens is 5. The monoisotopic (exact) mass is 429 g/mol. The first kappa shape index (κ1) is 20.0. The summed E-state index contributed by atoms with van der Waals surface area (Å²) in [4.78, 5) is 26.8. The second-order valence-corrected chi connectivity index (χ2v) is 6.68. The van der Waals surface area contributed by atoms with Gasteiger partial charge < -0.3 is 15.6 Å². The Hall–Kier alpha value is -2.71. The van der Waals surface area contributed by atoms with E-state index in [4.69, 9.17) is 23.2 Å². The van der Waals surface area contributed by atoms with Crippen LogP contribution < -0.4 is 10.6 Å². The van der Waals surface area contributed by atoms with E-state index in [0.717, 1.165) is 12.1 Å². The second-order valence-electron chi connectivity index (χ2n) is 5.84. The number of H-pyrrole nitrogens is 1. The van der Waals surface area contributed by atoms with Gasteiger partial charge in [-0.15, -0.1) is 0 Å². The van der Waals surface area contributed by atoms with Crippen LogP contribution in [0.15, 0.2) is 42.5 Å². The maximum atomic E-state index is 12.8. The van der Waals surface area contributed by atoms with Gasteiger partial charge in [-0.05, 0) is 36.4 Å². The number of alkyl halides is 3. The van der Waals surface area contributed by atoms with Crippen molar-refractivity contribution in [2.45, 2.75) is 6.18 Å². The van der Waals surface area contributed by atoms with Crippen molar-refractivity contribution in [3.8, 4) is 0 Å². The van der Waals surface area contributed by atoms with Crippen LogP contribution in [0.2, 0.25) is 10.0 Å². The number of hydrogen-bond donors (Lipinski definition) is 3. The fourth-order valence-corrected chi connectivity index (χ4v) is 2.81. The predicted octanol–water partition coefficient (Wildman–Crippen LogP) is 4.86. The summed E-state index contributed by atoms with van der Waals surface area (Å²) in [6.07, 6.45) is -4.48. The van der Waals surface area contributed by atoms with Crippen molar-refractivity contribution in [1.29, 1.82) is 0 Å². The van der Waals surface area contributed by atoms with Crippen molar-refractivity contribution in [2.24, 2.45) is 0 Å². The maximum Gasteiger partial charge on any atom is 0.416 e. The van der Waals surface area contributed by atoms with Crippen LogP contribution in [0, 0.1) is 0 Å². The predicted molar refractivity (Wildman–Crippen MR) is 101 cm³/mol. The van der Waals surface area contributed by atoms with E-state index >= 15 is 0 Å². The van der Waals surface area contributed by atoms with E-state index in [-0.39, 0.29) is 22.8 Å². The Morgan fingerprint density at radius 3 is 2.50 bits per heavy atom. The van der Waals surface area contributed by atoms with E-state index < -0.39 is 23.6 Å². The van der Waals surface area contributed by atoms with Crippen LogP contribution in [0.5, 0.6) is 0 Å². The fourth-order valence-electron chi connectivity index (χ4n) is 2.47. The van der Waals surface area contributed by atoms with Crippen molar-refractivity contribution in [3.63, 3.8) is 0 Å². The van der Waals surface area contributed by atoms with Gasteiger partial charge in [0.25, 0.3) is 5.91 Å². The van der Waals surface area contributed by atoms with E-state index in [1.165, 1.54) is 24.3 Å². The van der Waals surface area contributed by atoms with Crippen LogP contribution in [0.3, 0.4) is 0 Å². The number of anilines is 1. The van der Waals surface area contributed by atoms with Gasteiger partial charge >= 0.3 is 6.18 Å². The summed E-state index contributed by atoms with van der Waals surface area (Å²) in [6.45, 7) is -0.370. The van der Waals surface area contributed by atoms with Crippen LogP contribution in [0.25, 0.3) is 10.9 Å². The lowest BCUT2D eigenvalue weighted by Gasteiger charge is -2.08. The van der Waals surface area contributed by atoms with Crippen molar-refractivity contribution in [2.75, 3.05) is 11.9 Å². The molecule has 10 heteroatoms. The average molecular weight is 430 g/mol. The summed E-state index contributed by atoms with van der Waals surface area (Å²) in [5.74, 6) is -1.19. The highest BCUT2D eigenvalue weighted by molar-refractivity contribution is 6.35. The van der Waals surface area contributed by atoms with Gasteiger partial charge in [0.05, 0.1) is 22.8 Å². The number of rotatable bonds is 4. The third-order valence-corrected chi connectivity index (χ3v) is 4.37. The van der Waals surface area contributed by atoms with Gasteiger partial charge in [0.15, 0.2) is 0 Å². The molecule has 0 aliphatic heterocycles. The zero-order valence-electron chi connectivity index (χ0n) is 14.0. The Balaban J connectivity index is 1.66. The van der Waals surface area contributed by atoms with E-state index in [9.17, 15) is 22.8 Å². The highest BCUT2D eigenvalue weighted by Gasteiger charge is 2.30. The molecule has 3 aromatic rings. The number of fused-ring (bicyclic) bond motifs is 1. The van der Waals surface area contributed by atoms with Gasteiger partial charge in [-0.1, -0.05) is 29.3 Å². The molecule has 0 unspecified atom stereocenters. The Morgan fingerprint density at radius 2 is 1.79 bits per heavy atom. The maximum absolute atomic E-state index is 12.8. The van der Waals surface area contributed by atoms with Gasteiger partial charge in [0.2, 0.25) is 5.91 Å². The lowest BCUT2D eigenvalue weighted by Crippen LogP contribution is -2.33. The van der Waals surface area contributed by atoms with Crippen molar-refractivity contribution >= 4 is 51.6 Å². The highest BCUT2D eigenvalue weighted by atomic mass is 35.5. The minimum absolute atomic E-state index is 0.0305. The van der Waals surface area contributed by atoms with Crippen LogP contribution in [-0.2, 0) is 11.0 Å². The normalized spacial score (nSPS) is 11.5. The lowest BCUT2D eigenvalue weighted by atomic mass is 10.1.